The first-order valence-electron chi connectivity index (χ1n) is 13.7. The predicted molar refractivity (Wildman–Crippen MR) is 159 cm³/mol. The van der Waals surface area contributed by atoms with Gasteiger partial charge in [-0.15, -0.1) is 0 Å². The van der Waals surface area contributed by atoms with E-state index in [4.69, 9.17) is 4.74 Å². The quantitative estimate of drug-likeness (QED) is 0.183. The number of ether oxygens (including phenoxy) is 1. The normalized spacial score (nSPS) is 11.7. The molecule has 200 valence electrons. The number of H-pyrrole nitrogens is 1. The molecule has 0 fully saturated rings. The largest absolute Gasteiger partial charge is 0.449 e. The zero-order valence-corrected chi connectivity index (χ0v) is 22.3. The molecule has 0 radical (unpaired) electrons. The summed E-state index contributed by atoms with van der Waals surface area (Å²) in [5.74, 6) is 0. The van der Waals surface area contributed by atoms with Gasteiger partial charge in [-0.2, -0.15) is 5.10 Å². The summed E-state index contributed by atoms with van der Waals surface area (Å²) in [5, 5.41) is 10.6. The van der Waals surface area contributed by atoms with E-state index in [2.05, 4.69) is 93.2 Å². The van der Waals surface area contributed by atoms with Gasteiger partial charge in [-0.05, 0) is 35.2 Å². The molecule has 5 aromatic rings. The molecule has 6 rings (SSSR count). The Bertz CT molecular complexity index is 1520. The maximum absolute atomic E-state index is 12.5. The smallest absolute Gasteiger partial charge is 0.411 e. The third kappa shape index (κ3) is 5.98. The molecular formula is C34H32N4O2. The van der Waals surface area contributed by atoms with E-state index in [0.717, 1.165) is 49.4 Å². The van der Waals surface area contributed by atoms with Gasteiger partial charge in [-0.3, -0.25) is 15.3 Å². The van der Waals surface area contributed by atoms with Crippen molar-refractivity contribution in [1.29, 1.82) is 0 Å². The fraction of sp³-hybridized carbons (Fsp3) is 0.176. The molecule has 6 heteroatoms. The first-order valence-corrected chi connectivity index (χ1v) is 13.7. The third-order valence-corrected chi connectivity index (χ3v) is 7.28. The molecular weight excluding hydrogens is 496 g/mol. The maximum atomic E-state index is 12.5. The minimum Gasteiger partial charge on any atom is -0.449 e. The Morgan fingerprint density at radius 1 is 0.825 bits per heavy atom. The molecule has 2 N–H and O–H groups in total. The van der Waals surface area contributed by atoms with Crippen molar-refractivity contribution < 1.29 is 9.53 Å². The molecule has 1 aromatic heterocycles. The van der Waals surface area contributed by atoms with Crippen molar-refractivity contribution in [1.82, 2.24) is 15.1 Å². The number of rotatable bonds is 10. The first kappa shape index (κ1) is 25.6. The van der Waals surface area contributed by atoms with Crippen LogP contribution in [-0.2, 0) is 24.2 Å². The summed E-state index contributed by atoms with van der Waals surface area (Å²) in [7, 11) is 0. The summed E-state index contributed by atoms with van der Waals surface area (Å²) in [6.45, 7) is 2.87. The fourth-order valence-corrected chi connectivity index (χ4v) is 5.32. The highest BCUT2D eigenvalue weighted by Crippen LogP contribution is 2.39. The van der Waals surface area contributed by atoms with Crippen LogP contribution in [0, 0.1) is 0 Å². The molecule has 0 saturated carbocycles. The molecule has 1 heterocycles. The number of carbonyl (C=O) groups is 1. The van der Waals surface area contributed by atoms with E-state index in [-0.39, 0.29) is 0 Å². The van der Waals surface area contributed by atoms with Crippen LogP contribution in [0.25, 0.3) is 22.5 Å². The topological polar surface area (TPSA) is 70.2 Å². The number of nitrogens with zero attached hydrogens (tertiary/aromatic N) is 2. The number of carbonyl (C=O) groups excluding carboxylic acids is 1. The number of hydrogen-bond acceptors (Lipinski definition) is 4. The standard InChI is InChI=1S/C34H32N4O2/c39-34(40-21-9-20-38(23-25-10-3-1-4-11-25)24-26-12-5-2-6-13-26)35-29-18-16-27(17-19-29)32-31-22-28-14-7-8-15-30(28)33(31)37-36-32/h1-8,10-19H,9,20-24H2,(H,35,39)(H,36,37). The lowest BCUT2D eigenvalue weighted by molar-refractivity contribution is 0.150. The van der Waals surface area contributed by atoms with E-state index in [1.165, 1.54) is 27.8 Å². The number of hydrogen-bond donors (Lipinski definition) is 2. The van der Waals surface area contributed by atoms with Crippen LogP contribution in [0.3, 0.4) is 0 Å². The summed E-state index contributed by atoms with van der Waals surface area (Å²) < 4.78 is 5.50. The average molecular weight is 529 g/mol. The molecule has 0 spiro atoms. The average Bonchev–Trinajstić information content (AvgIpc) is 3.56. The second-order valence-corrected chi connectivity index (χ2v) is 10.1. The molecule has 4 aromatic carbocycles. The van der Waals surface area contributed by atoms with Gasteiger partial charge in [0, 0.05) is 48.4 Å². The van der Waals surface area contributed by atoms with E-state index in [9.17, 15) is 4.79 Å². The van der Waals surface area contributed by atoms with Crippen LogP contribution in [0.5, 0.6) is 0 Å². The van der Waals surface area contributed by atoms with Gasteiger partial charge in [-0.1, -0.05) is 97.1 Å². The summed E-state index contributed by atoms with van der Waals surface area (Å²) >= 11 is 0. The minimum absolute atomic E-state index is 0.351. The SMILES string of the molecule is O=C(Nc1ccc(-c2n[nH]c3c2Cc2ccccc2-3)cc1)OCCCN(Cc1ccccc1)Cc1ccccc1. The molecule has 0 aliphatic heterocycles. The third-order valence-electron chi connectivity index (χ3n) is 7.28. The molecule has 0 atom stereocenters. The Labute approximate surface area is 234 Å². The van der Waals surface area contributed by atoms with Crippen molar-refractivity contribution in [3.8, 4) is 22.5 Å². The molecule has 6 nitrogen and oxygen atoms in total. The van der Waals surface area contributed by atoms with Crippen LogP contribution in [0.4, 0.5) is 10.5 Å². The van der Waals surface area contributed by atoms with E-state index in [1.54, 1.807) is 0 Å². The predicted octanol–water partition coefficient (Wildman–Crippen LogP) is 7.29. The van der Waals surface area contributed by atoms with Crippen LogP contribution < -0.4 is 5.32 Å². The van der Waals surface area contributed by atoms with E-state index in [0.29, 0.717) is 12.3 Å². The lowest BCUT2D eigenvalue weighted by atomic mass is 10.1. The van der Waals surface area contributed by atoms with Gasteiger partial charge in [0.25, 0.3) is 0 Å². The second kappa shape index (κ2) is 12.0. The first-order chi connectivity index (χ1) is 19.7. The summed E-state index contributed by atoms with van der Waals surface area (Å²) in [4.78, 5) is 14.9. The molecule has 0 bridgehead atoms. The van der Waals surface area contributed by atoms with Gasteiger partial charge in [0.1, 0.15) is 0 Å². The zero-order chi connectivity index (χ0) is 27.1. The van der Waals surface area contributed by atoms with Crippen molar-refractivity contribution in [2.45, 2.75) is 25.9 Å². The highest BCUT2D eigenvalue weighted by Gasteiger charge is 2.24. The van der Waals surface area contributed by atoms with Crippen LogP contribution in [0.1, 0.15) is 28.7 Å². The van der Waals surface area contributed by atoms with Gasteiger partial charge >= 0.3 is 6.09 Å². The molecule has 0 saturated heterocycles. The highest BCUT2D eigenvalue weighted by atomic mass is 16.5. The van der Waals surface area contributed by atoms with E-state index < -0.39 is 6.09 Å². The summed E-state index contributed by atoms with van der Waals surface area (Å²) in [6.07, 6.45) is 1.18. The lowest BCUT2D eigenvalue weighted by Gasteiger charge is -2.22. The molecule has 1 aliphatic carbocycles. The lowest BCUT2D eigenvalue weighted by Crippen LogP contribution is -2.25. The number of fused-ring (bicyclic) bond motifs is 3. The number of amides is 1. The number of anilines is 1. The van der Waals surface area contributed by atoms with Crippen LogP contribution >= 0.6 is 0 Å². The van der Waals surface area contributed by atoms with Crippen molar-refractivity contribution >= 4 is 11.8 Å². The van der Waals surface area contributed by atoms with Crippen molar-refractivity contribution in [2.75, 3.05) is 18.5 Å². The minimum atomic E-state index is -0.443. The zero-order valence-electron chi connectivity index (χ0n) is 22.3. The number of nitrogens with one attached hydrogen (secondary N) is 2. The van der Waals surface area contributed by atoms with Crippen LogP contribution in [-0.4, -0.2) is 34.3 Å². The number of aromatic amines is 1. The van der Waals surface area contributed by atoms with Crippen LogP contribution in [0.2, 0.25) is 0 Å². The molecule has 0 unspecified atom stereocenters. The van der Waals surface area contributed by atoms with Crippen LogP contribution in [0.15, 0.2) is 109 Å². The Morgan fingerprint density at radius 2 is 1.48 bits per heavy atom. The Hall–Kier alpha value is -4.68. The Balaban J connectivity index is 0.999. The Morgan fingerprint density at radius 3 is 2.17 bits per heavy atom. The van der Waals surface area contributed by atoms with E-state index >= 15 is 0 Å². The van der Waals surface area contributed by atoms with Crippen molar-refractivity contribution in [3.05, 3.63) is 131 Å². The number of benzene rings is 4. The Kier molecular flexibility index (Phi) is 7.69. The van der Waals surface area contributed by atoms with Gasteiger partial charge in [0.2, 0.25) is 0 Å². The molecule has 1 amide bonds. The maximum Gasteiger partial charge on any atom is 0.411 e. The van der Waals surface area contributed by atoms with Gasteiger partial charge in [-0.25, -0.2) is 4.79 Å². The summed E-state index contributed by atoms with van der Waals surface area (Å²) in [6, 6.07) is 37.1. The van der Waals surface area contributed by atoms with Gasteiger partial charge in [0.15, 0.2) is 0 Å². The molecule has 1 aliphatic rings. The van der Waals surface area contributed by atoms with E-state index in [1.807, 2.05) is 36.4 Å². The molecule has 40 heavy (non-hydrogen) atoms. The van der Waals surface area contributed by atoms with Gasteiger partial charge in [0.05, 0.1) is 18.0 Å². The summed E-state index contributed by atoms with van der Waals surface area (Å²) in [5.41, 5.74) is 10.1. The van der Waals surface area contributed by atoms with Gasteiger partial charge < -0.3 is 4.74 Å². The monoisotopic (exact) mass is 528 g/mol. The fourth-order valence-electron chi connectivity index (χ4n) is 5.32. The number of aromatic nitrogens is 2. The van der Waals surface area contributed by atoms with Crippen molar-refractivity contribution in [2.24, 2.45) is 0 Å². The second-order valence-electron chi connectivity index (χ2n) is 10.1. The van der Waals surface area contributed by atoms with Crippen molar-refractivity contribution in [3.63, 3.8) is 0 Å². The highest BCUT2D eigenvalue weighted by molar-refractivity contribution is 5.86.